The van der Waals surface area contributed by atoms with Crippen molar-refractivity contribution >= 4 is 17.4 Å². The summed E-state index contributed by atoms with van der Waals surface area (Å²) < 4.78 is 3.90. The van der Waals surface area contributed by atoms with Gasteiger partial charge in [0.25, 0.3) is 5.56 Å². The summed E-state index contributed by atoms with van der Waals surface area (Å²) in [6.45, 7) is 5.08. The fourth-order valence-corrected chi connectivity index (χ4v) is 4.09. The number of hydrogen-bond acceptors (Lipinski definition) is 2. The van der Waals surface area contributed by atoms with Crippen molar-refractivity contribution in [2.24, 2.45) is 0 Å². The first-order valence-corrected chi connectivity index (χ1v) is 10.9. The van der Waals surface area contributed by atoms with E-state index in [1.165, 1.54) is 0 Å². The Labute approximate surface area is 181 Å². The molecule has 5 heteroatoms. The summed E-state index contributed by atoms with van der Waals surface area (Å²) in [6.07, 6.45) is 5.80. The molecule has 0 atom stereocenters. The minimum Gasteiger partial charge on any atom is -0.315 e. The first-order chi connectivity index (χ1) is 14.6. The Hall–Kier alpha value is -2.85. The third kappa shape index (κ3) is 4.05. The predicted octanol–water partition coefficient (Wildman–Crippen LogP) is 5.91. The van der Waals surface area contributed by atoms with E-state index in [0.29, 0.717) is 17.2 Å². The maximum absolute atomic E-state index is 13.4. The lowest BCUT2D eigenvalue weighted by atomic mass is 10.0. The van der Waals surface area contributed by atoms with Crippen LogP contribution >= 0.6 is 11.6 Å². The lowest BCUT2D eigenvalue weighted by molar-refractivity contribution is 0.586. The Balaban J connectivity index is 1.88. The van der Waals surface area contributed by atoms with Crippen LogP contribution in [-0.2, 0) is 13.0 Å². The molecule has 0 bridgehead atoms. The molecule has 0 aliphatic rings. The Morgan fingerprint density at radius 3 is 2.57 bits per heavy atom. The van der Waals surface area contributed by atoms with E-state index >= 15 is 0 Å². The molecule has 0 fully saturated rings. The Kier molecular flexibility index (Phi) is 6.05. The summed E-state index contributed by atoms with van der Waals surface area (Å²) >= 11 is 6.18. The van der Waals surface area contributed by atoms with Gasteiger partial charge in [-0.3, -0.25) is 9.20 Å². The van der Waals surface area contributed by atoms with Crippen LogP contribution in [0.1, 0.15) is 43.0 Å². The molecule has 0 saturated carbocycles. The van der Waals surface area contributed by atoms with Crippen molar-refractivity contribution in [3.05, 3.63) is 93.0 Å². The summed E-state index contributed by atoms with van der Waals surface area (Å²) in [4.78, 5) is 18.3. The van der Waals surface area contributed by atoms with Crippen molar-refractivity contribution in [3.8, 4) is 11.3 Å². The SMILES string of the molecule is CCCCCn1c(C)c(Cc2ccccc2)c(=O)n2cc(-c3cccc(Cl)c3)nc12. The van der Waals surface area contributed by atoms with Gasteiger partial charge in [0.2, 0.25) is 5.78 Å². The smallest absolute Gasteiger partial charge is 0.262 e. The normalized spacial score (nSPS) is 11.3. The van der Waals surface area contributed by atoms with Crippen LogP contribution in [0.3, 0.4) is 0 Å². The largest absolute Gasteiger partial charge is 0.315 e. The van der Waals surface area contributed by atoms with Gasteiger partial charge in [0.05, 0.1) is 5.69 Å². The Morgan fingerprint density at radius 2 is 1.83 bits per heavy atom. The predicted molar refractivity (Wildman–Crippen MR) is 123 cm³/mol. The fraction of sp³-hybridized carbons (Fsp3) is 0.280. The number of aryl methyl sites for hydroxylation is 1. The number of benzene rings is 2. The van der Waals surface area contributed by atoms with E-state index < -0.39 is 0 Å². The average Bonchev–Trinajstić information content (AvgIpc) is 3.20. The minimum atomic E-state index is -0.00104. The summed E-state index contributed by atoms with van der Waals surface area (Å²) in [5.41, 5.74) is 4.62. The van der Waals surface area contributed by atoms with Crippen molar-refractivity contribution in [2.75, 3.05) is 0 Å². The quantitative estimate of drug-likeness (QED) is 0.349. The highest BCUT2D eigenvalue weighted by atomic mass is 35.5. The van der Waals surface area contributed by atoms with E-state index in [9.17, 15) is 4.79 Å². The monoisotopic (exact) mass is 419 g/mol. The molecule has 0 saturated heterocycles. The first kappa shape index (κ1) is 20.4. The van der Waals surface area contributed by atoms with Gasteiger partial charge < -0.3 is 4.57 Å². The van der Waals surface area contributed by atoms with E-state index in [0.717, 1.165) is 53.9 Å². The molecule has 0 aliphatic carbocycles. The van der Waals surface area contributed by atoms with Crippen molar-refractivity contribution in [1.29, 1.82) is 0 Å². The third-order valence-corrected chi connectivity index (χ3v) is 5.81. The molecule has 0 radical (unpaired) electrons. The van der Waals surface area contributed by atoms with Crippen molar-refractivity contribution in [3.63, 3.8) is 0 Å². The van der Waals surface area contributed by atoms with Gasteiger partial charge >= 0.3 is 0 Å². The third-order valence-electron chi connectivity index (χ3n) is 5.58. The van der Waals surface area contributed by atoms with E-state index in [1.807, 2.05) is 55.6 Å². The molecular weight excluding hydrogens is 394 g/mol. The minimum absolute atomic E-state index is 0.00104. The van der Waals surface area contributed by atoms with Crippen LogP contribution in [-0.4, -0.2) is 14.0 Å². The number of imidazole rings is 1. The van der Waals surface area contributed by atoms with Gasteiger partial charge in [0, 0.05) is 41.0 Å². The highest BCUT2D eigenvalue weighted by Crippen LogP contribution is 2.23. The zero-order valence-corrected chi connectivity index (χ0v) is 18.2. The Bertz CT molecular complexity index is 1220. The van der Waals surface area contributed by atoms with Gasteiger partial charge in [-0.05, 0) is 31.0 Å². The van der Waals surface area contributed by atoms with E-state index in [1.54, 1.807) is 4.40 Å². The highest BCUT2D eigenvalue weighted by Gasteiger charge is 2.17. The van der Waals surface area contributed by atoms with Crippen molar-refractivity contribution in [2.45, 2.75) is 46.1 Å². The Morgan fingerprint density at radius 1 is 1.03 bits per heavy atom. The summed E-state index contributed by atoms with van der Waals surface area (Å²) in [5.74, 6) is 0.695. The molecule has 30 heavy (non-hydrogen) atoms. The van der Waals surface area contributed by atoms with Crippen molar-refractivity contribution < 1.29 is 0 Å². The van der Waals surface area contributed by atoms with E-state index in [4.69, 9.17) is 16.6 Å². The number of unbranched alkanes of at least 4 members (excludes halogenated alkanes) is 2. The molecule has 4 nitrogen and oxygen atoms in total. The standard InChI is InChI=1S/C25H26ClN3O/c1-3-4-8-14-28-18(2)22(15-19-10-6-5-7-11-19)24(30)29-17-23(27-25(28)29)20-12-9-13-21(26)16-20/h5-7,9-13,16-17H,3-4,8,14-15H2,1-2H3. The summed E-state index contributed by atoms with van der Waals surface area (Å²) in [6, 6.07) is 17.7. The number of halogens is 1. The number of rotatable bonds is 7. The first-order valence-electron chi connectivity index (χ1n) is 10.5. The molecule has 0 amide bonds. The number of hydrogen-bond donors (Lipinski definition) is 0. The lowest BCUT2D eigenvalue weighted by Gasteiger charge is -2.16. The zero-order valence-electron chi connectivity index (χ0n) is 17.4. The second-order valence-electron chi connectivity index (χ2n) is 7.70. The van der Waals surface area contributed by atoms with Crippen LogP contribution in [0, 0.1) is 6.92 Å². The van der Waals surface area contributed by atoms with E-state index in [2.05, 4.69) is 23.6 Å². The molecule has 0 unspecified atom stereocenters. The van der Waals surface area contributed by atoms with E-state index in [-0.39, 0.29) is 5.56 Å². The molecule has 154 valence electrons. The van der Waals surface area contributed by atoms with Gasteiger partial charge in [-0.2, -0.15) is 0 Å². The molecule has 0 spiro atoms. The topological polar surface area (TPSA) is 39.3 Å². The molecular formula is C25H26ClN3O. The molecule has 4 aromatic rings. The molecule has 0 N–H and O–H groups in total. The van der Waals surface area contributed by atoms with Crippen LogP contribution in [0.15, 0.2) is 65.6 Å². The van der Waals surface area contributed by atoms with Gasteiger partial charge in [-0.25, -0.2) is 4.98 Å². The van der Waals surface area contributed by atoms with Gasteiger partial charge in [-0.1, -0.05) is 73.8 Å². The maximum atomic E-state index is 13.4. The van der Waals surface area contributed by atoms with Crippen molar-refractivity contribution in [1.82, 2.24) is 14.0 Å². The van der Waals surface area contributed by atoms with Crippen LogP contribution < -0.4 is 5.56 Å². The second kappa shape index (κ2) is 8.88. The summed E-state index contributed by atoms with van der Waals surface area (Å²) in [7, 11) is 0. The highest BCUT2D eigenvalue weighted by molar-refractivity contribution is 6.30. The van der Waals surface area contributed by atoms with Crippen LogP contribution in [0.5, 0.6) is 0 Å². The van der Waals surface area contributed by atoms with Gasteiger partial charge in [0.1, 0.15) is 0 Å². The second-order valence-corrected chi connectivity index (χ2v) is 8.13. The average molecular weight is 420 g/mol. The van der Waals surface area contributed by atoms with Crippen LogP contribution in [0.4, 0.5) is 0 Å². The van der Waals surface area contributed by atoms with Gasteiger partial charge in [-0.15, -0.1) is 0 Å². The molecule has 2 aromatic heterocycles. The van der Waals surface area contributed by atoms with Gasteiger partial charge in [0.15, 0.2) is 0 Å². The number of aromatic nitrogens is 3. The molecule has 2 aromatic carbocycles. The zero-order chi connectivity index (χ0) is 21.1. The number of fused-ring (bicyclic) bond motifs is 1. The molecule has 0 aliphatic heterocycles. The summed E-state index contributed by atoms with van der Waals surface area (Å²) in [5, 5.41) is 0.656. The van der Waals surface area contributed by atoms with Crippen LogP contribution in [0.2, 0.25) is 5.02 Å². The number of nitrogens with zero attached hydrogens (tertiary/aromatic N) is 3. The molecule has 4 rings (SSSR count). The molecule has 2 heterocycles. The fourth-order valence-electron chi connectivity index (χ4n) is 3.90. The lowest BCUT2D eigenvalue weighted by Crippen LogP contribution is -2.25. The maximum Gasteiger partial charge on any atom is 0.262 e. The van der Waals surface area contributed by atoms with Crippen LogP contribution in [0.25, 0.3) is 17.0 Å².